The molecule has 0 aliphatic rings. The number of alkyl halides is 3. The average Bonchev–Trinajstić information content (AvgIpc) is 2.77. The van der Waals surface area contributed by atoms with Crippen molar-refractivity contribution < 1.29 is 13.2 Å². The predicted octanol–water partition coefficient (Wildman–Crippen LogP) is 1.63. The van der Waals surface area contributed by atoms with Crippen molar-refractivity contribution in [2.75, 3.05) is 5.43 Å². The van der Waals surface area contributed by atoms with E-state index in [1.807, 2.05) is 0 Å². The van der Waals surface area contributed by atoms with Crippen LogP contribution in [0.4, 0.5) is 19.0 Å². The highest BCUT2D eigenvalue weighted by Gasteiger charge is 2.33. The molecule has 0 aromatic carbocycles. The maximum atomic E-state index is 12.3. The molecular weight excluding hydrogens is 247 g/mol. The van der Waals surface area contributed by atoms with Crippen LogP contribution in [-0.2, 0) is 12.7 Å². The van der Waals surface area contributed by atoms with Gasteiger partial charge in [-0.3, -0.25) is 4.68 Å². The van der Waals surface area contributed by atoms with Crippen molar-refractivity contribution >= 4 is 5.82 Å². The van der Waals surface area contributed by atoms with Gasteiger partial charge in [0.25, 0.3) is 0 Å². The maximum Gasteiger partial charge on any atom is 0.435 e. The number of nitrogens with zero attached hydrogens (tertiary/aromatic N) is 3. The third kappa shape index (κ3) is 2.77. The number of nitrogen functional groups attached to an aromatic ring is 1. The maximum absolute atomic E-state index is 12.3. The molecule has 0 aliphatic heterocycles. The molecule has 2 aromatic rings. The van der Waals surface area contributed by atoms with Crippen LogP contribution in [0.3, 0.4) is 0 Å². The van der Waals surface area contributed by atoms with Crippen molar-refractivity contribution in [1.82, 2.24) is 14.8 Å². The molecule has 96 valence electrons. The van der Waals surface area contributed by atoms with E-state index in [0.717, 1.165) is 11.6 Å². The standard InChI is InChI=1S/C10H10F3N5/c11-10(12,13)8-2-4-18(17-8)6-7-1-3-15-9(5-7)16-14/h1-5H,6,14H2,(H,15,16). The van der Waals surface area contributed by atoms with Crippen LogP contribution in [0.5, 0.6) is 0 Å². The smallest absolute Gasteiger partial charge is 0.308 e. The minimum Gasteiger partial charge on any atom is -0.308 e. The molecule has 0 atom stereocenters. The zero-order chi connectivity index (χ0) is 13.2. The van der Waals surface area contributed by atoms with E-state index in [2.05, 4.69) is 15.5 Å². The second-order valence-corrected chi connectivity index (χ2v) is 3.59. The minimum absolute atomic E-state index is 0.216. The highest BCUT2D eigenvalue weighted by atomic mass is 19.4. The number of aromatic nitrogens is 3. The Balaban J connectivity index is 2.16. The van der Waals surface area contributed by atoms with Gasteiger partial charge in [0.1, 0.15) is 5.82 Å². The third-order valence-electron chi connectivity index (χ3n) is 2.25. The number of rotatable bonds is 3. The van der Waals surface area contributed by atoms with E-state index in [4.69, 9.17) is 5.84 Å². The molecule has 0 fully saturated rings. The summed E-state index contributed by atoms with van der Waals surface area (Å²) in [4.78, 5) is 3.90. The second kappa shape index (κ2) is 4.65. The van der Waals surface area contributed by atoms with Gasteiger partial charge in [0.2, 0.25) is 0 Å². The lowest BCUT2D eigenvalue weighted by atomic mass is 10.2. The molecule has 8 heteroatoms. The fourth-order valence-electron chi connectivity index (χ4n) is 1.44. The van der Waals surface area contributed by atoms with Gasteiger partial charge in [-0.25, -0.2) is 10.8 Å². The first kappa shape index (κ1) is 12.4. The SMILES string of the molecule is NNc1cc(Cn2ccc(C(F)(F)F)n2)ccn1. The Hall–Kier alpha value is -2.09. The summed E-state index contributed by atoms with van der Waals surface area (Å²) >= 11 is 0. The van der Waals surface area contributed by atoms with Gasteiger partial charge in [0.15, 0.2) is 5.69 Å². The number of hydrogen-bond acceptors (Lipinski definition) is 4. The van der Waals surface area contributed by atoms with Crippen molar-refractivity contribution in [3.63, 3.8) is 0 Å². The summed E-state index contributed by atoms with van der Waals surface area (Å²) in [6.07, 6.45) is -1.63. The van der Waals surface area contributed by atoms with Crippen molar-refractivity contribution in [2.24, 2.45) is 5.84 Å². The number of hydrazine groups is 1. The van der Waals surface area contributed by atoms with Gasteiger partial charge in [-0.2, -0.15) is 18.3 Å². The van der Waals surface area contributed by atoms with Crippen molar-refractivity contribution in [1.29, 1.82) is 0 Å². The van der Waals surface area contributed by atoms with E-state index >= 15 is 0 Å². The number of hydrogen-bond donors (Lipinski definition) is 2. The van der Waals surface area contributed by atoms with E-state index in [-0.39, 0.29) is 6.54 Å². The van der Waals surface area contributed by atoms with Crippen LogP contribution in [0.25, 0.3) is 0 Å². The number of halogens is 3. The van der Waals surface area contributed by atoms with Gasteiger partial charge in [-0.1, -0.05) is 0 Å². The molecule has 2 rings (SSSR count). The molecule has 2 heterocycles. The normalized spacial score (nSPS) is 11.6. The molecule has 0 saturated heterocycles. The Morgan fingerprint density at radius 3 is 2.72 bits per heavy atom. The Morgan fingerprint density at radius 1 is 1.33 bits per heavy atom. The molecule has 0 amide bonds. The monoisotopic (exact) mass is 257 g/mol. The van der Waals surface area contributed by atoms with Crippen LogP contribution in [0.1, 0.15) is 11.3 Å². The summed E-state index contributed by atoms with van der Waals surface area (Å²) in [6, 6.07) is 4.24. The molecule has 0 radical (unpaired) electrons. The van der Waals surface area contributed by atoms with Crippen molar-refractivity contribution in [2.45, 2.75) is 12.7 Å². The topological polar surface area (TPSA) is 68.8 Å². The Morgan fingerprint density at radius 2 is 2.11 bits per heavy atom. The van der Waals surface area contributed by atoms with E-state index < -0.39 is 11.9 Å². The van der Waals surface area contributed by atoms with Crippen LogP contribution >= 0.6 is 0 Å². The van der Waals surface area contributed by atoms with E-state index in [1.165, 1.54) is 17.1 Å². The summed E-state index contributed by atoms with van der Waals surface area (Å²) in [7, 11) is 0. The Kier molecular flexibility index (Phi) is 3.19. The molecule has 0 bridgehead atoms. The first-order valence-electron chi connectivity index (χ1n) is 5.01. The van der Waals surface area contributed by atoms with Gasteiger partial charge in [-0.15, -0.1) is 0 Å². The Labute approximate surface area is 100 Å². The molecule has 0 aliphatic carbocycles. The molecular formula is C10H10F3N5. The van der Waals surface area contributed by atoms with Crippen LogP contribution in [-0.4, -0.2) is 14.8 Å². The minimum atomic E-state index is -4.42. The number of anilines is 1. The van der Waals surface area contributed by atoms with Crippen LogP contribution in [0, 0.1) is 0 Å². The molecule has 5 nitrogen and oxygen atoms in total. The highest BCUT2D eigenvalue weighted by Crippen LogP contribution is 2.27. The predicted molar refractivity (Wildman–Crippen MR) is 58.4 cm³/mol. The van der Waals surface area contributed by atoms with E-state index in [1.54, 1.807) is 12.1 Å². The van der Waals surface area contributed by atoms with E-state index in [0.29, 0.717) is 5.82 Å². The molecule has 3 N–H and O–H groups in total. The zero-order valence-electron chi connectivity index (χ0n) is 9.15. The largest absolute Gasteiger partial charge is 0.435 e. The Bertz CT molecular complexity index is 534. The van der Waals surface area contributed by atoms with Crippen LogP contribution in [0.2, 0.25) is 0 Å². The fourth-order valence-corrected chi connectivity index (χ4v) is 1.44. The van der Waals surface area contributed by atoms with Crippen LogP contribution < -0.4 is 11.3 Å². The number of nitrogens with one attached hydrogen (secondary N) is 1. The van der Waals surface area contributed by atoms with Gasteiger partial charge in [0, 0.05) is 12.4 Å². The van der Waals surface area contributed by atoms with Crippen molar-refractivity contribution in [3.05, 3.63) is 41.9 Å². The lowest BCUT2D eigenvalue weighted by molar-refractivity contribution is -0.141. The second-order valence-electron chi connectivity index (χ2n) is 3.59. The van der Waals surface area contributed by atoms with Crippen LogP contribution in [0.15, 0.2) is 30.6 Å². The van der Waals surface area contributed by atoms with Gasteiger partial charge >= 0.3 is 6.18 Å². The average molecular weight is 257 g/mol. The molecule has 0 saturated carbocycles. The number of pyridine rings is 1. The molecule has 18 heavy (non-hydrogen) atoms. The lowest BCUT2D eigenvalue weighted by Gasteiger charge is -2.05. The van der Waals surface area contributed by atoms with Gasteiger partial charge < -0.3 is 5.43 Å². The summed E-state index contributed by atoms with van der Waals surface area (Å²) in [5.41, 5.74) is 2.20. The molecule has 0 spiro atoms. The fraction of sp³-hybridized carbons (Fsp3) is 0.200. The lowest BCUT2D eigenvalue weighted by Crippen LogP contribution is -2.10. The number of nitrogens with two attached hydrogens (primary N) is 1. The summed E-state index contributed by atoms with van der Waals surface area (Å²) < 4.78 is 38.2. The van der Waals surface area contributed by atoms with Gasteiger partial charge in [-0.05, 0) is 23.8 Å². The van der Waals surface area contributed by atoms with Gasteiger partial charge in [0.05, 0.1) is 6.54 Å². The quantitative estimate of drug-likeness (QED) is 0.647. The zero-order valence-corrected chi connectivity index (χ0v) is 9.15. The molecule has 0 unspecified atom stereocenters. The summed E-state index contributed by atoms with van der Waals surface area (Å²) in [5, 5.41) is 3.45. The van der Waals surface area contributed by atoms with Crippen molar-refractivity contribution in [3.8, 4) is 0 Å². The first-order chi connectivity index (χ1) is 8.49. The summed E-state index contributed by atoms with van der Waals surface area (Å²) in [5.74, 6) is 5.63. The highest BCUT2D eigenvalue weighted by molar-refractivity contribution is 5.35. The van der Waals surface area contributed by atoms with E-state index in [9.17, 15) is 13.2 Å². The molecule has 2 aromatic heterocycles. The summed E-state index contributed by atoms with van der Waals surface area (Å²) in [6.45, 7) is 0.216. The third-order valence-corrected chi connectivity index (χ3v) is 2.25. The first-order valence-corrected chi connectivity index (χ1v) is 5.01.